The van der Waals surface area contributed by atoms with E-state index in [9.17, 15) is 15.0 Å². The first-order chi connectivity index (χ1) is 13.1. The van der Waals surface area contributed by atoms with Crippen LogP contribution in [0.15, 0.2) is 59.6 Å². The van der Waals surface area contributed by atoms with E-state index in [1.807, 2.05) is 30.3 Å². The number of hydrogen-bond acceptors (Lipinski definition) is 5. The number of fused-ring (bicyclic) bond motifs is 1. The Hall–Kier alpha value is -3.03. The van der Waals surface area contributed by atoms with Crippen molar-refractivity contribution in [1.82, 2.24) is 4.57 Å². The highest BCUT2D eigenvalue weighted by atomic mass is 32.1. The van der Waals surface area contributed by atoms with Crippen LogP contribution in [0.2, 0.25) is 0 Å². The predicted molar refractivity (Wildman–Crippen MR) is 109 cm³/mol. The van der Waals surface area contributed by atoms with Crippen molar-refractivity contribution in [2.24, 2.45) is 4.99 Å². The number of carboxylic acids is 1. The van der Waals surface area contributed by atoms with E-state index >= 15 is 0 Å². The maximum atomic E-state index is 11.9. The summed E-state index contributed by atoms with van der Waals surface area (Å²) in [6, 6.07) is 15.3. The molecular formula is C20H14N2O3S2. The molecule has 0 amide bonds. The molecule has 2 heterocycles. The predicted octanol–water partition coefficient (Wildman–Crippen LogP) is 4.92. The lowest BCUT2D eigenvalue weighted by atomic mass is 10.1. The first kappa shape index (κ1) is 17.4. The first-order valence-corrected chi connectivity index (χ1v) is 9.36. The Kier molecular flexibility index (Phi) is 4.47. The normalized spacial score (nSPS) is 15.0. The van der Waals surface area contributed by atoms with Crippen molar-refractivity contribution in [2.45, 2.75) is 6.04 Å². The minimum atomic E-state index is -1.09. The van der Waals surface area contributed by atoms with Gasteiger partial charge >= 0.3 is 5.97 Å². The Labute approximate surface area is 164 Å². The fourth-order valence-electron chi connectivity index (χ4n) is 3.05. The highest BCUT2D eigenvalue weighted by Gasteiger charge is 2.27. The number of thiazole rings is 1. The minimum absolute atomic E-state index is 0.161. The van der Waals surface area contributed by atoms with Crippen molar-refractivity contribution in [1.29, 1.82) is 0 Å². The zero-order chi connectivity index (χ0) is 19.0. The summed E-state index contributed by atoms with van der Waals surface area (Å²) >= 11 is 6.54. The summed E-state index contributed by atoms with van der Waals surface area (Å²) in [6.07, 6.45) is 3.51. The summed E-state index contributed by atoms with van der Waals surface area (Å²) in [4.78, 5) is 16.8. The van der Waals surface area contributed by atoms with Crippen molar-refractivity contribution < 1.29 is 15.0 Å². The number of allylic oxidation sites excluding steroid dienone is 1. The van der Waals surface area contributed by atoms with Gasteiger partial charge in [-0.3, -0.25) is 9.56 Å². The zero-order valence-corrected chi connectivity index (χ0v) is 15.6. The number of aromatic nitrogens is 1. The van der Waals surface area contributed by atoms with Crippen LogP contribution in [0.1, 0.15) is 22.0 Å². The number of aliphatic imine (C=N–C) groups is 1. The monoisotopic (exact) mass is 394 g/mol. The Morgan fingerprint density at radius 1 is 1.15 bits per heavy atom. The summed E-state index contributed by atoms with van der Waals surface area (Å²) < 4.78 is 1.57. The van der Waals surface area contributed by atoms with Gasteiger partial charge in [-0.05, 0) is 29.9 Å². The molecule has 134 valence electrons. The number of rotatable bonds is 4. The average molecular weight is 394 g/mol. The van der Waals surface area contributed by atoms with Gasteiger partial charge in [0.2, 0.25) is 5.88 Å². The van der Waals surface area contributed by atoms with Crippen LogP contribution in [0.4, 0.5) is 5.69 Å². The van der Waals surface area contributed by atoms with Gasteiger partial charge in [0, 0.05) is 17.4 Å². The molecule has 0 radical (unpaired) electrons. The van der Waals surface area contributed by atoms with E-state index in [2.05, 4.69) is 4.99 Å². The molecule has 0 saturated heterocycles. The van der Waals surface area contributed by atoms with E-state index in [1.54, 1.807) is 36.6 Å². The number of para-hydroxylation sites is 1. The lowest BCUT2D eigenvalue weighted by molar-refractivity contribution is -0.139. The molecular weight excluding hydrogens is 380 g/mol. The van der Waals surface area contributed by atoms with Crippen LogP contribution in [0.3, 0.4) is 0 Å². The molecule has 1 atom stereocenters. The van der Waals surface area contributed by atoms with Crippen molar-refractivity contribution >= 4 is 53.1 Å². The van der Waals surface area contributed by atoms with Crippen LogP contribution in [0, 0.1) is 3.95 Å². The fourth-order valence-corrected chi connectivity index (χ4v) is 4.36. The molecule has 1 aliphatic rings. The van der Waals surface area contributed by atoms with E-state index in [1.165, 1.54) is 15.9 Å². The lowest BCUT2D eigenvalue weighted by Crippen LogP contribution is -2.20. The molecule has 2 N–H and O–H groups in total. The molecule has 0 spiro atoms. The van der Waals surface area contributed by atoms with Gasteiger partial charge in [0.1, 0.15) is 0 Å². The number of hydrogen-bond donors (Lipinski definition) is 2. The molecule has 0 saturated carbocycles. The summed E-state index contributed by atoms with van der Waals surface area (Å²) in [5.41, 5.74) is 3.21. The second kappa shape index (κ2) is 6.94. The molecule has 0 aliphatic carbocycles. The van der Waals surface area contributed by atoms with Gasteiger partial charge in [-0.25, -0.2) is 4.79 Å². The topological polar surface area (TPSA) is 74.8 Å². The third kappa shape index (κ3) is 3.11. The standard InChI is InChI=1S/C20H14N2O3S2/c23-18-16(10-13-11-21-15-9-5-4-8-14(13)15)27-20(26)22(18)17(19(24)25)12-6-2-1-3-7-12/h1-11,17,23H,(H,24,25)/t17-/m0/s1. The van der Waals surface area contributed by atoms with Crippen molar-refractivity contribution in [3.05, 3.63) is 74.6 Å². The van der Waals surface area contributed by atoms with Crippen molar-refractivity contribution in [3.63, 3.8) is 0 Å². The van der Waals surface area contributed by atoms with Crippen LogP contribution in [0.5, 0.6) is 5.88 Å². The fraction of sp³-hybridized carbons (Fsp3) is 0.0500. The van der Waals surface area contributed by atoms with Crippen molar-refractivity contribution in [3.8, 4) is 5.88 Å². The third-order valence-corrected chi connectivity index (χ3v) is 5.63. The number of nitrogens with zero attached hydrogens (tertiary/aromatic N) is 2. The molecule has 3 aromatic rings. The second-order valence-corrected chi connectivity index (χ2v) is 7.63. The number of benzene rings is 2. The molecule has 1 aromatic heterocycles. The minimum Gasteiger partial charge on any atom is -0.493 e. The smallest absolute Gasteiger partial charge is 0.331 e. The molecule has 2 aromatic carbocycles. The average Bonchev–Trinajstić information content (AvgIpc) is 3.19. The van der Waals surface area contributed by atoms with Gasteiger partial charge in [-0.15, -0.1) is 11.3 Å². The van der Waals surface area contributed by atoms with Crippen LogP contribution in [-0.2, 0) is 4.79 Å². The van der Waals surface area contributed by atoms with Crippen LogP contribution in [-0.4, -0.2) is 27.0 Å². The number of aromatic hydroxyl groups is 1. The molecule has 27 heavy (non-hydrogen) atoms. The molecule has 7 heteroatoms. The maximum absolute atomic E-state index is 11.9. The van der Waals surface area contributed by atoms with E-state index in [-0.39, 0.29) is 5.88 Å². The Balaban J connectivity index is 1.82. The molecule has 0 fully saturated rings. The van der Waals surface area contributed by atoms with Gasteiger partial charge in [0.15, 0.2) is 10.00 Å². The van der Waals surface area contributed by atoms with Crippen LogP contribution >= 0.6 is 23.6 Å². The molecule has 4 rings (SSSR count). The van der Waals surface area contributed by atoms with Crippen molar-refractivity contribution in [2.75, 3.05) is 0 Å². The van der Waals surface area contributed by atoms with Crippen LogP contribution < -0.4 is 0 Å². The summed E-state index contributed by atoms with van der Waals surface area (Å²) in [5.74, 6) is -1.25. The lowest BCUT2D eigenvalue weighted by Gasteiger charge is -2.15. The first-order valence-electron chi connectivity index (χ1n) is 8.13. The maximum Gasteiger partial charge on any atom is 0.331 e. The van der Waals surface area contributed by atoms with Gasteiger partial charge in [0.25, 0.3) is 0 Å². The van der Waals surface area contributed by atoms with Gasteiger partial charge < -0.3 is 10.2 Å². The third-order valence-electron chi connectivity index (χ3n) is 4.29. The van der Waals surface area contributed by atoms with Gasteiger partial charge in [-0.2, -0.15) is 0 Å². The van der Waals surface area contributed by atoms with E-state index in [4.69, 9.17) is 12.2 Å². The zero-order valence-electron chi connectivity index (χ0n) is 13.9. The number of carboxylic acid groups (broad SMARTS) is 1. The SMILES string of the molecule is O=C(O)[C@H](c1ccccc1)n1c(O)c(C=C2C=Nc3ccccc32)sc1=S. The summed E-state index contributed by atoms with van der Waals surface area (Å²) in [7, 11) is 0. The Morgan fingerprint density at radius 2 is 1.85 bits per heavy atom. The molecule has 5 nitrogen and oxygen atoms in total. The van der Waals surface area contributed by atoms with E-state index in [0.29, 0.717) is 14.4 Å². The highest BCUT2D eigenvalue weighted by molar-refractivity contribution is 7.73. The van der Waals surface area contributed by atoms with Gasteiger partial charge in [-0.1, -0.05) is 48.5 Å². The Morgan fingerprint density at radius 3 is 2.59 bits per heavy atom. The molecule has 0 unspecified atom stereocenters. The van der Waals surface area contributed by atoms with E-state index in [0.717, 1.165) is 16.8 Å². The second-order valence-electron chi connectivity index (χ2n) is 5.95. The number of carbonyl (C=O) groups is 1. The van der Waals surface area contributed by atoms with Crippen LogP contribution in [0.25, 0.3) is 11.6 Å². The number of aliphatic carboxylic acids is 1. The highest BCUT2D eigenvalue weighted by Crippen LogP contribution is 2.38. The summed E-state index contributed by atoms with van der Waals surface area (Å²) in [6.45, 7) is 0. The van der Waals surface area contributed by atoms with E-state index < -0.39 is 12.0 Å². The summed E-state index contributed by atoms with van der Waals surface area (Å²) in [5, 5.41) is 20.5. The molecule has 1 aliphatic heterocycles. The molecule has 0 bridgehead atoms. The largest absolute Gasteiger partial charge is 0.493 e. The van der Waals surface area contributed by atoms with Gasteiger partial charge in [0.05, 0.1) is 10.6 Å². The quantitative estimate of drug-likeness (QED) is 0.616. The Bertz CT molecular complexity index is 1140.